The van der Waals surface area contributed by atoms with Gasteiger partial charge in [-0.2, -0.15) is 0 Å². The van der Waals surface area contributed by atoms with E-state index in [0.29, 0.717) is 12.8 Å². The van der Waals surface area contributed by atoms with E-state index >= 15 is 0 Å². The smallest absolute Gasteiger partial charge is 0.306 e. The number of carbonyl (C=O) groups excluding carboxylic acids is 2. The molecule has 57 heavy (non-hydrogen) atoms. The summed E-state index contributed by atoms with van der Waals surface area (Å²) in [4.78, 5) is 24.4. The molecule has 0 rings (SSSR count). The van der Waals surface area contributed by atoms with Gasteiger partial charge in [0.2, 0.25) is 0 Å². The van der Waals surface area contributed by atoms with Crippen LogP contribution < -0.4 is 0 Å². The van der Waals surface area contributed by atoms with Crippen molar-refractivity contribution in [3.63, 3.8) is 0 Å². The third-order valence-electron chi connectivity index (χ3n) is 11.8. The third-order valence-corrected chi connectivity index (χ3v) is 11.8. The maximum absolute atomic E-state index is 12.3. The lowest BCUT2D eigenvalue weighted by Crippen LogP contribution is -2.28. The SMILES string of the molecule is CCCCCCCCCC/C=C\CCCCCCCCCCCCCCCCCCCC(=O)OC(CO)COC(=O)CCCCCCCCCCCCCCCC. The van der Waals surface area contributed by atoms with E-state index in [-0.39, 0.29) is 25.2 Å². The molecule has 1 N–H and O–H groups in total. The van der Waals surface area contributed by atoms with E-state index in [0.717, 1.165) is 32.1 Å². The van der Waals surface area contributed by atoms with E-state index in [1.54, 1.807) is 0 Å². The standard InChI is InChI=1S/C52H100O5/c1-3-5-7-9-11-13-15-17-19-20-21-22-23-24-25-26-27-28-29-30-31-32-33-35-37-39-41-43-45-47-52(55)57-50(48-53)49-56-51(54)46-44-42-40-38-36-34-18-16-14-12-10-8-6-4-2/h20-21,50,53H,3-19,22-49H2,1-2H3/b21-20-. The molecule has 0 saturated heterocycles. The topological polar surface area (TPSA) is 72.8 Å². The van der Waals surface area contributed by atoms with Gasteiger partial charge in [-0.1, -0.05) is 251 Å². The van der Waals surface area contributed by atoms with Crippen molar-refractivity contribution in [2.24, 2.45) is 0 Å². The van der Waals surface area contributed by atoms with Crippen LogP contribution in [0.5, 0.6) is 0 Å². The van der Waals surface area contributed by atoms with Crippen molar-refractivity contribution in [3.05, 3.63) is 12.2 Å². The molecule has 1 unspecified atom stereocenters. The van der Waals surface area contributed by atoms with Gasteiger partial charge in [-0.25, -0.2) is 0 Å². The lowest BCUT2D eigenvalue weighted by molar-refractivity contribution is -0.161. The Kier molecular flexibility index (Phi) is 47.8. The first-order chi connectivity index (χ1) is 28.1. The molecule has 0 radical (unpaired) electrons. The second kappa shape index (κ2) is 49.0. The van der Waals surface area contributed by atoms with Crippen LogP contribution in [-0.2, 0) is 19.1 Å². The fraction of sp³-hybridized carbons (Fsp3) is 0.923. The average molecular weight is 805 g/mol. The van der Waals surface area contributed by atoms with Gasteiger partial charge in [0.15, 0.2) is 6.10 Å². The monoisotopic (exact) mass is 805 g/mol. The maximum Gasteiger partial charge on any atom is 0.306 e. The Balaban J connectivity index is 3.40. The van der Waals surface area contributed by atoms with Crippen molar-refractivity contribution in [1.82, 2.24) is 0 Å². The number of rotatable bonds is 48. The first-order valence-electron chi connectivity index (χ1n) is 25.7. The summed E-state index contributed by atoms with van der Waals surface area (Å²) in [7, 11) is 0. The third kappa shape index (κ3) is 47.2. The normalized spacial score (nSPS) is 12.1. The first-order valence-corrected chi connectivity index (χ1v) is 25.7. The predicted molar refractivity (Wildman–Crippen MR) is 247 cm³/mol. The zero-order chi connectivity index (χ0) is 41.4. The molecule has 0 heterocycles. The number of carbonyl (C=O) groups is 2. The Morgan fingerprint density at radius 3 is 0.947 bits per heavy atom. The zero-order valence-corrected chi connectivity index (χ0v) is 38.6. The summed E-state index contributed by atoms with van der Waals surface area (Å²) in [6.07, 6.45) is 58.9. The van der Waals surface area contributed by atoms with E-state index in [4.69, 9.17) is 9.47 Å². The van der Waals surface area contributed by atoms with Gasteiger partial charge in [0, 0.05) is 12.8 Å². The largest absolute Gasteiger partial charge is 0.462 e. The van der Waals surface area contributed by atoms with E-state index < -0.39 is 6.10 Å². The van der Waals surface area contributed by atoms with Gasteiger partial charge in [-0.3, -0.25) is 9.59 Å². The van der Waals surface area contributed by atoms with Crippen molar-refractivity contribution in [2.45, 2.75) is 296 Å². The number of ether oxygens (including phenoxy) is 2. The molecule has 0 aromatic heterocycles. The summed E-state index contributed by atoms with van der Waals surface area (Å²) in [5.41, 5.74) is 0. The summed E-state index contributed by atoms with van der Waals surface area (Å²) >= 11 is 0. The van der Waals surface area contributed by atoms with Crippen LogP contribution in [0.2, 0.25) is 0 Å². The quantitative estimate of drug-likeness (QED) is 0.0377. The van der Waals surface area contributed by atoms with Gasteiger partial charge in [-0.15, -0.1) is 0 Å². The summed E-state index contributed by atoms with van der Waals surface area (Å²) in [6, 6.07) is 0. The molecule has 0 spiro atoms. The van der Waals surface area contributed by atoms with Crippen LogP contribution in [-0.4, -0.2) is 36.4 Å². The van der Waals surface area contributed by atoms with Gasteiger partial charge < -0.3 is 14.6 Å². The fourth-order valence-electron chi connectivity index (χ4n) is 7.91. The van der Waals surface area contributed by atoms with Crippen molar-refractivity contribution in [3.8, 4) is 0 Å². The second-order valence-electron chi connectivity index (χ2n) is 17.6. The zero-order valence-electron chi connectivity index (χ0n) is 38.6. The molecular weight excluding hydrogens is 705 g/mol. The summed E-state index contributed by atoms with van der Waals surface area (Å²) < 4.78 is 10.7. The molecule has 5 heteroatoms. The molecule has 0 bridgehead atoms. The van der Waals surface area contributed by atoms with Gasteiger partial charge in [-0.05, 0) is 38.5 Å². The van der Waals surface area contributed by atoms with Gasteiger partial charge >= 0.3 is 11.9 Å². The predicted octanol–water partition coefficient (Wildman–Crippen LogP) is 16.8. The number of esters is 2. The maximum atomic E-state index is 12.3. The number of unbranched alkanes of at least 4 members (excludes halogenated alkanes) is 38. The molecule has 0 aromatic rings. The van der Waals surface area contributed by atoms with E-state index in [9.17, 15) is 14.7 Å². The summed E-state index contributed by atoms with van der Waals surface area (Å²) in [6.45, 7) is 4.18. The van der Waals surface area contributed by atoms with Gasteiger partial charge in [0.1, 0.15) is 6.61 Å². The molecule has 5 nitrogen and oxygen atoms in total. The van der Waals surface area contributed by atoms with Gasteiger partial charge in [0.05, 0.1) is 6.61 Å². The minimum Gasteiger partial charge on any atom is -0.462 e. The lowest BCUT2D eigenvalue weighted by atomic mass is 10.0. The highest BCUT2D eigenvalue weighted by Gasteiger charge is 2.16. The first kappa shape index (κ1) is 55.6. The van der Waals surface area contributed by atoms with Crippen LogP contribution in [0.15, 0.2) is 12.2 Å². The van der Waals surface area contributed by atoms with Crippen LogP contribution in [0, 0.1) is 0 Å². The minimum atomic E-state index is -0.764. The van der Waals surface area contributed by atoms with Crippen LogP contribution in [0.1, 0.15) is 290 Å². The van der Waals surface area contributed by atoms with Crippen LogP contribution in [0.3, 0.4) is 0 Å². The Morgan fingerprint density at radius 2 is 0.649 bits per heavy atom. The highest BCUT2D eigenvalue weighted by molar-refractivity contribution is 5.70. The molecule has 0 aromatic carbocycles. The van der Waals surface area contributed by atoms with E-state index in [2.05, 4.69) is 26.0 Å². The Hall–Kier alpha value is -1.36. The molecule has 0 amide bonds. The highest BCUT2D eigenvalue weighted by atomic mass is 16.6. The molecule has 1 atom stereocenters. The van der Waals surface area contributed by atoms with Crippen molar-refractivity contribution in [1.29, 1.82) is 0 Å². The molecule has 0 fully saturated rings. The van der Waals surface area contributed by atoms with E-state index in [1.165, 1.54) is 231 Å². The van der Waals surface area contributed by atoms with Crippen LogP contribution in [0.25, 0.3) is 0 Å². The van der Waals surface area contributed by atoms with Crippen molar-refractivity contribution in [2.75, 3.05) is 13.2 Å². The minimum absolute atomic E-state index is 0.0580. The number of aliphatic hydroxyl groups excluding tert-OH is 1. The fourth-order valence-corrected chi connectivity index (χ4v) is 7.91. The summed E-state index contributed by atoms with van der Waals surface area (Å²) in [5, 5.41) is 9.61. The number of allylic oxidation sites excluding steroid dienone is 2. The highest BCUT2D eigenvalue weighted by Crippen LogP contribution is 2.17. The molecule has 0 aliphatic carbocycles. The number of hydrogen-bond donors (Lipinski definition) is 1. The Bertz CT molecular complexity index is 825. The second-order valence-corrected chi connectivity index (χ2v) is 17.6. The molecular formula is C52H100O5. The van der Waals surface area contributed by atoms with Crippen LogP contribution >= 0.6 is 0 Å². The number of hydrogen-bond acceptors (Lipinski definition) is 5. The van der Waals surface area contributed by atoms with E-state index in [1.807, 2.05) is 0 Å². The van der Waals surface area contributed by atoms with Gasteiger partial charge in [0.25, 0.3) is 0 Å². The molecule has 0 aliphatic rings. The molecule has 338 valence electrons. The Labute approximate surface area is 356 Å². The Morgan fingerprint density at radius 1 is 0.386 bits per heavy atom. The van der Waals surface area contributed by atoms with Crippen molar-refractivity contribution >= 4 is 11.9 Å². The molecule has 0 aliphatic heterocycles. The summed E-state index contributed by atoms with van der Waals surface area (Å²) in [5.74, 6) is -0.572. The average Bonchev–Trinajstić information content (AvgIpc) is 3.21. The lowest BCUT2D eigenvalue weighted by Gasteiger charge is -2.15. The number of aliphatic hydroxyl groups is 1. The molecule has 0 saturated carbocycles. The van der Waals surface area contributed by atoms with Crippen LogP contribution in [0.4, 0.5) is 0 Å². The van der Waals surface area contributed by atoms with Crippen molar-refractivity contribution < 1.29 is 24.2 Å².